The maximum atomic E-state index is 11.7. The molecule has 0 aliphatic heterocycles. The molecule has 1 unspecified atom stereocenters. The first kappa shape index (κ1) is 11.9. The average Bonchev–Trinajstić information content (AvgIpc) is 2.17. The van der Waals surface area contributed by atoms with Crippen molar-refractivity contribution >= 4 is 24.6 Å². The van der Waals surface area contributed by atoms with Crippen LogP contribution in [-0.4, -0.2) is 26.3 Å². The van der Waals surface area contributed by atoms with E-state index in [9.17, 15) is 21.8 Å². The first-order chi connectivity index (χ1) is 6.91. The molecule has 1 rings (SSSR count). The Hall–Kier alpha value is -1.20. The molecular formula is C8H5F3O3Se. The van der Waals surface area contributed by atoms with E-state index in [1.165, 1.54) is 24.3 Å². The number of halogens is 3. The summed E-state index contributed by atoms with van der Waals surface area (Å²) in [7, 11) is 0. The molecular weight excluding hydrogens is 280 g/mol. The molecule has 0 spiro atoms. The van der Waals surface area contributed by atoms with Gasteiger partial charge in [-0.3, -0.25) is 0 Å². The van der Waals surface area contributed by atoms with Crippen LogP contribution in [0.15, 0.2) is 30.3 Å². The fourth-order valence-electron chi connectivity index (χ4n) is 0.696. The molecule has 0 aliphatic carbocycles. The Balaban J connectivity index is 2.70. The van der Waals surface area contributed by atoms with Gasteiger partial charge >= 0.3 is 86.7 Å². The normalized spacial score (nSPS) is 13.3. The summed E-state index contributed by atoms with van der Waals surface area (Å²) in [5.74, 6) is -2.42. The number of hydrogen-bond acceptors (Lipinski definition) is 3. The first-order valence-electron chi connectivity index (χ1n) is 3.67. The van der Waals surface area contributed by atoms with Crippen molar-refractivity contribution in [2.45, 2.75) is 6.18 Å². The van der Waals surface area contributed by atoms with E-state index in [1.807, 2.05) is 0 Å². The summed E-state index contributed by atoms with van der Waals surface area (Å²) in [6.45, 7) is 0. The molecule has 0 fully saturated rings. The van der Waals surface area contributed by atoms with Crippen LogP contribution >= 0.6 is 0 Å². The van der Waals surface area contributed by atoms with Crippen LogP contribution in [0.3, 0.4) is 0 Å². The van der Waals surface area contributed by atoms with Gasteiger partial charge in [-0.1, -0.05) is 0 Å². The van der Waals surface area contributed by atoms with Gasteiger partial charge in [-0.2, -0.15) is 0 Å². The van der Waals surface area contributed by atoms with E-state index in [1.54, 1.807) is 6.07 Å². The Bertz CT molecular complexity index is 374. The van der Waals surface area contributed by atoms with Crippen molar-refractivity contribution in [1.82, 2.24) is 0 Å². The Morgan fingerprint density at radius 1 is 1.20 bits per heavy atom. The van der Waals surface area contributed by atoms with Crippen LogP contribution in [0.4, 0.5) is 13.2 Å². The summed E-state index contributed by atoms with van der Waals surface area (Å²) in [6, 6.07) is 7.26. The third kappa shape index (κ3) is 3.45. The summed E-state index contributed by atoms with van der Waals surface area (Å²) in [5.41, 5.74) is 0. The molecule has 0 amide bonds. The van der Waals surface area contributed by atoms with E-state index in [4.69, 9.17) is 0 Å². The number of carbonyl (C=O) groups is 1. The van der Waals surface area contributed by atoms with Crippen LogP contribution in [0.2, 0.25) is 0 Å². The zero-order valence-electron chi connectivity index (χ0n) is 7.15. The third-order valence-corrected chi connectivity index (χ3v) is 3.33. The SMILES string of the molecule is O=C(O[Se](=O)c1ccccc1)C(F)(F)F. The number of carbonyl (C=O) groups excluding carboxylic acids is 1. The summed E-state index contributed by atoms with van der Waals surface area (Å²) < 4.78 is 50.3. The van der Waals surface area contributed by atoms with Crippen LogP contribution in [0, 0.1) is 0 Å². The molecule has 82 valence electrons. The van der Waals surface area contributed by atoms with Gasteiger partial charge in [-0.05, 0) is 0 Å². The van der Waals surface area contributed by atoms with Crippen molar-refractivity contribution in [2.75, 3.05) is 0 Å². The summed E-state index contributed by atoms with van der Waals surface area (Å²) in [5, 5.41) is 0. The molecule has 1 atom stereocenters. The van der Waals surface area contributed by atoms with Gasteiger partial charge in [-0.25, -0.2) is 0 Å². The maximum absolute atomic E-state index is 11.7. The summed E-state index contributed by atoms with van der Waals surface area (Å²) >= 11 is -3.40. The standard InChI is InChI=1S/C8H5F3O3Se/c9-8(10,11)7(12)14-15(13)6-4-2-1-3-5-6/h1-5H. The second kappa shape index (κ2) is 4.55. The fraction of sp³-hybridized carbons (Fsp3) is 0.125. The minimum atomic E-state index is -5.11. The van der Waals surface area contributed by atoms with Crippen LogP contribution in [-0.2, 0) is 12.4 Å². The van der Waals surface area contributed by atoms with Crippen LogP contribution in [0.5, 0.6) is 0 Å². The van der Waals surface area contributed by atoms with E-state index < -0.39 is 26.3 Å². The molecule has 0 bridgehead atoms. The summed E-state index contributed by atoms with van der Waals surface area (Å²) in [4.78, 5) is 10.3. The van der Waals surface area contributed by atoms with Crippen LogP contribution in [0.25, 0.3) is 0 Å². The van der Waals surface area contributed by atoms with E-state index in [0.717, 1.165) is 0 Å². The zero-order chi connectivity index (χ0) is 11.5. The predicted octanol–water partition coefficient (Wildman–Crippen LogP) is 0.918. The molecule has 15 heavy (non-hydrogen) atoms. The molecule has 0 saturated heterocycles. The topological polar surface area (TPSA) is 43.4 Å². The van der Waals surface area contributed by atoms with Crippen LogP contribution < -0.4 is 4.46 Å². The molecule has 0 saturated carbocycles. The Labute approximate surface area is 87.3 Å². The molecule has 0 radical (unpaired) electrons. The minimum absolute atomic E-state index is 0.0927. The average molecular weight is 285 g/mol. The molecule has 1 aromatic carbocycles. The van der Waals surface area contributed by atoms with Gasteiger partial charge in [0, 0.05) is 0 Å². The molecule has 7 heteroatoms. The molecule has 0 N–H and O–H groups in total. The van der Waals surface area contributed by atoms with Gasteiger partial charge < -0.3 is 0 Å². The quantitative estimate of drug-likeness (QED) is 0.759. The second-order valence-electron chi connectivity index (χ2n) is 2.42. The zero-order valence-corrected chi connectivity index (χ0v) is 8.87. The van der Waals surface area contributed by atoms with Crippen molar-refractivity contribution in [2.24, 2.45) is 0 Å². The van der Waals surface area contributed by atoms with Crippen molar-refractivity contribution in [3.8, 4) is 0 Å². The molecule has 0 aliphatic rings. The van der Waals surface area contributed by atoms with E-state index >= 15 is 0 Å². The monoisotopic (exact) mass is 286 g/mol. The van der Waals surface area contributed by atoms with E-state index in [-0.39, 0.29) is 4.46 Å². The number of hydrogen-bond donors (Lipinski definition) is 0. The Morgan fingerprint density at radius 3 is 2.20 bits per heavy atom. The first-order valence-corrected chi connectivity index (χ1v) is 5.93. The number of rotatable bonds is 2. The van der Waals surface area contributed by atoms with Crippen LogP contribution in [0.1, 0.15) is 0 Å². The van der Waals surface area contributed by atoms with Gasteiger partial charge in [0.25, 0.3) is 0 Å². The molecule has 3 nitrogen and oxygen atoms in total. The third-order valence-electron chi connectivity index (χ3n) is 1.32. The number of alkyl halides is 3. The van der Waals surface area contributed by atoms with Gasteiger partial charge in [0.15, 0.2) is 0 Å². The van der Waals surface area contributed by atoms with E-state index in [2.05, 4.69) is 3.82 Å². The second-order valence-corrected chi connectivity index (χ2v) is 4.74. The van der Waals surface area contributed by atoms with Crippen molar-refractivity contribution in [3.63, 3.8) is 0 Å². The van der Waals surface area contributed by atoms with Gasteiger partial charge in [-0.15, -0.1) is 0 Å². The number of benzene rings is 1. The summed E-state index contributed by atoms with van der Waals surface area (Å²) in [6.07, 6.45) is -5.11. The van der Waals surface area contributed by atoms with Gasteiger partial charge in [0.05, 0.1) is 0 Å². The molecule has 0 aromatic heterocycles. The van der Waals surface area contributed by atoms with Crippen molar-refractivity contribution in [1.29, 1.82) is 0 Å². The Kier molecular flexibility index (Phi) is 3.60. The Morgan fingerprint density at radius 2 is 1.73 bits per heavy atom. The van der Waals surface area contributed by atoms with Crippen molar-refractivity contribution in [3.05, 3.63) is 30.3 Å². The fourth-order valence-corrected chi connectivity index (χ4v) is 2.18. The predicted molar refractivity (Wildman–Crippen MR) is 44.7 cm³/mol. The molecule has 1 aromatic rings. The van der Waals surface area contributed by atoms with Gasteiger partial charge in [0.1, 0.15) is 0 Å². The molecule has 0 heterocycles. The van der Waals surface area contributed by atoms with Gasteiger partial charge in [0.2, 0.25) is 0 Å². The van der Waals surface area contributed by atoms with E-state index in [0.29, 0.717) is 0 Å². The van der Waals surface area contributed by atoms with Crippen molar-refractivity contribution < 1.29 is 25.6 Å².